The second-order valence-corrected chi connectivity index (χ2v) is 5.45. The van der Waals surface area contributed by atoms with Gasteiger partial charge >= 0.3 is 0 Å². The smallest absolute Gasteiger partial charge is 0.224 e. The average Bonchev–Trinajstić information content (AvgIpc) is 2.30. The molecule has 1 saturated heterocycles. The first-order valence-electron chi connectivity index (χ1n) is 5.69. The molecule has 1 aromatic heterocycles. The molecule has 94 valence electrons. The van der Waals surface area contributed by atoms with Crippen molar-refractivity contribution in [2.75, 3.05) is 30.4 Å². The maximum absolute atomic E-state index is 9.93. The summed E-state index contributed by atoms with van der Waals surface area (Å²) in [6.07, 6.45) is 3.28. The van der Waals surface area contributed by atoms with Gasteiger partial charge in [-0.15, -0.1) is 0 Å². The summed E-state index contributed by atoms with van der Waals surface area (Å²) < 4.78 is 0.887. The number of piperidine rings is 1. The normalized spacial score (nSPS) is 19.2. The van der Waals surface area contributed by atoms with Crippen LogP contribution in [0.5, 0.6) is 0 Å². The number of rotatable bonds is 2. The molecule has 0 aromatic carbocycles. The minimum absolute atomic E-state index is 0.540. The summed E-state index contributed by atoms with van der Waals surface area (Å²) in [5, 5.41) is 12.9. The molecular weight excluding hydrogens is 284 g/mol. The van der Waals surface area contributed by atoms with E-state index in [-0.39, 0.29) is 0 Å². The van der Waals surface area contributed by atoms with Gasteiger partial charge in [0.25, 0.3) is 0 Å². The first-order valence-corrected chi connectivity index (χ1v) is 6.49. The number of anilines is 2. The Morgan fingerprint density at radius 1 is 1.47 bits per heavy atom. The number of nitrogens with one attached hydrogen (secondary N) is 1. The lowest BCUT2D eigenvalue weighted by atomic mass is 9.94. The van der Waals surface area contributed by atoms with Gasteiger partial charge in [-0.05, 0) is 35.7 Å². The van der Waals surface area contributed by atoms with E-state index in [4.69, 9.17) is 0 Å². The van der Waals surface area contributed by atoms with E-state index in [0.717, 1.165) is 36.2 Å². The van der Waals surface area contributed by atoms with E-state index in [9.17, 15) is 5.11 Å². The molecule has 0 aliphatic carbocycles. The average molecular weight is 301 g/mol. The number of hydrogen-bond acceptors (Lipinski definition) is 5. The third-order valence-corrected chi connectivity index (χ3v) is 3.65. The Morgan fingerprint density at radius 3 is 2.71 bits per heavy atom. The van der Waals surface area contributed by atoms with Crippen LogP contribution in [0, 0.1) is 0 Å². The molecule has 17 heavy (non-hydrogen) atoms. The van der Waals surface area contributed by atoms with E-state index in [2.05, 4.69) is 36.1 Å². The van der Waals surface area contributed by atoms with Crippen molar-refractivity contribution in [3.05, 3.63) is 10.7 Å². The quantitative estimate of drug-likeness (QED) is 0.869. The molecule has 1 aliphatic heterocycles. The fraction of sp³-hybridized carbons (Fsp3) is 0.636. The highest BCUT2D eigenvalue weighted by Crippen LogP contribution is 2.29. The number of nitrogens with zero attached hydrogens (tertiary/aromatic N) is 3. The van der Waals surface area contributed by atoms with Crippen LogP contribution in [-0.2, 0) is 0 Å². The van der Waals surface area contributed by atoms with Gasteiger partial charge in [0.15, 0.2) is 0 Å². The SMILES string of the molecule is CNc1ncc(Br)c(N2CCC(C)(O)CC2)n1. The molecule has 5 nitrogen and oxygen atoms in total. The third kappa shape index (κ3) is 2.87. The Morgan fingerprint density at radius 2 is 2.12 bits per heavy atom. The summed E-state index contributed by atoms with van der Waals surface area (Å²) in [5.74, 6) is 1.50. The highest BCUT2D eigenvalue weighted by atomic mass is 79.9. The Kier molecular flexibility index (Phi) is 3.53. The van der Waals surface area contributed by atoms with Gasteiger partial charge in [-0.1, -0.05) is 0 Å². The predicted molar refractivity (Wildman–Crippen MR) is 71.3 cm³/mol. The summed E-state index contributed by atoms with van der Waals surface area (Å²) in [6, 6.07) is 0. The molecule has 0 spiro atoms. The second kappa shape index (κ2) is 4.78. The van der Waals surface area contributed by atoms with Gasteiger partial charge in [0.1, 0.15) is 5.82 Å². The second-order valence-electron chi connectivity index (χ2n) is 4.60. The predicted octanol–water partition coefficient (Wildman–Crippen LogP) is 1.63. The maximum atomic E-state index is 9.93. The minimum atomic E-state index is -0.540. The van der Waals surface area contributed by atoms with Crippen LogP contribution in [0.2, 0.25) is 0 Å². The van der Waals surface area contributed by atoms with Gasteiger partial charge in [-0.25, -0.2) is 4.98 Å². The van der Waals surface area contributed by atoms with E-state index in [1.807, 2.05) is 6.92 Å². The topological polar surface area (TPSA) is 61.3 Å². The lowest BCUT2D eigenvalue weighted by Gasteiger charge is -2.36. The van der Waals surface area contributed by atoms with Crippen LogP contribution < -0.4 is 10.2 Å². The van der Waals surface area contributed by atoms with Crippen LogP contribution in [0.15, 0.2) is 10.7 Å². The van der Waals surface area contributed by atoms with Crippen molar-refractivity contribution in [1.82, 2.24) is 9.97 Å². The highest BCUT2D eigenvalue weighted by molar-refractivity contribution is 9.10. The van der Waals surface area contributed by atoms with Gasteiger partial charge < -0.3 is 15.3 Å². The zero-order valence-corrected chi connectivity index (χ0v) is 11.7. The van der Waals surface area contributed by atoms with Gasteiger partial charge in [0.2, 0.25) is 5.95 Å². The molecule has 0 bridgehead atoms. The molecule has 2 heterocycles. The van der Waals surface area contributed by atoms with E-state index in [1.165, 1.54) is 0 Å². The molecule has 0 atom stereocenters. The van der Waals surface area contributed by atoms with Crippen molar-refractivity contribution in [2.45, 2.75) is 25.4 Å². The standard InChI is InChI=1S/C11H17BrN4O/c1-11(17)3-5-16(6-4-11)9-8(12)7-14-10(13-2)15-9/h7,17H,3-6H2,1-2H3,(H,13,14,15). The van der Waals surface area contributed by atoms with Crippen molar-refractivity contribution in [2.24, 2.45) is 0 Å². The molecule has 0 radical (unpaired) electrons. The van der Waals surface area contributed by atoms with Crippen molar-refractivity contribution in [1.29, 1.82) is 0 Å². The number of hydrogen-bond donors (Lipinski definition) is 2. The molecule has 6 heteroatoms. The van der Waals surface area contributed by atoms with Crippen molar-refractivity contribution in [3.63, 3.8) is 0 Å². The first kappa shape index (κ1) is 12.6. The summed E-state index contributed by atoms with van der Waals surface area (Å²) in [7, 11) is 1.80. The number of halogens is 1. The Bertz CT molecular complexity index is 400. The summed E-state index contributed by atoms with van der Waals surface area (Å²) in [6.45, 7) is 3.51. The number of aromatic nitrogens is 2. The maximum Gasteiger partial charge on any atom is 0.224 e. The fourth-order valence-corrected chi connectivity index (χ4v) is 2.34. The minimum Gasteiger partial charge on any atom is -0.390 e. The van der Waals surface area contributed by atoms with Crippen molar-refractivity contribution in [3.8, 4) is 0 Å². The first-order chi connectivity index (χ1) is 8.02. The largest absolute Gasteiger partial charge is 0.390 e. The van der Waals surface area contributed by atoms with Crippen molar-refractivity contribution < 1.29 is 5.11 Å². The van der Waals surface area contributed by atoms with E-state index in [1.54, 1.807) is 13.2 Å². The molecule has 1 aliphatic rings. The third-order valence-electron chi connectivity index (χ3n) is 3.09. The Labute approximate surface area is 109 Å². The molecule has 0 saturated carbocycles. The molecule has 0 unspecified atom stereocenters. The summed E-state index contributed by atoms with van der Waals surface area (Å²) in [4.78, 5) is 10.7. The molecule has 1 fully saturated rings. The molecule has 2 rings (SSSR count). The van der Waals surface area contributed by atoms with E-state index < -0.39 is 5.60 Å². The summed E-state index contributed by atoms with van der Waals surface area (Å²) in [5.41, 5.74) is -0.540. The van der Waals surface area contributed by atoms with Gasteiger partial charge in [0, 0.05) is 26.3 Å². The zero-order chi connectivity index (χ0) is 12.5. The van der Waals surface area contributed by atoms with Gasteiger partial charge in [0.05, 0.1) is 10.1 Å². The molecule has 1 aromatic rings. The van der Waals surface area contributed by atoms with E-state index in [0.29, 0.717) is 5.95 Å². The van der Waals surface area contributed by atoms with Crippen LogP contribution in [0.4, 0.5) is 11.8 Å². The molecule has 2 N–H and O–H groups in total. The zero-order valence-electron chi connectivity index (χ0n) is 10.1. The van der Waals surface area contributed by atoms with Crippen molar-refractivity contribution >= 4 is 27.7 Å². The monoisotopic (exact) mass is 300 g/mol. The van der Waals surface area contributed by atoms with Crippen LogP contribution in [-0.4, -0.2) is 40.8 Å². The molecular formula is C11H17BrN4O. The van der Waals surface area contributed by atoms with Crippen LogP contribution in [0.3, 0.4) is 0 Å². The van der Waals surface area contributed by atoms with Crippen LogP contribution in [0.1, 0.15) is 19.8 Å². The summed E-state index contributed by atoms with van der Waals surface area (Å²) >= 11 is 3.47. The van der Waals surface area contributed by atoms with Gasteiger partial charge in [-0.2, -0.15) is 4.98 Å². The van der Waals surface area contributed by atoms with Crippen LogP contribution >= 0.6 is 15.9 Å². The molecule has 0 amide bonds. The van der Waals surface area contributed by atoms with Gasteiger partial charge in [-0.3, -0.25) is 0 Å². The van der Waals surface area contributed by atoms with Crippen LogP contribution in [0.25, 0.3) is 0 Å². The lowest BCUT2D eigenvalue weighted by molar-refractivity contribution is 0.0350. The lowest BCUT2D eigenvalue weighted by Crippen LogP contribution is -2.43. The Hall–Kier alpha value is -0.880. The number of aliphatic hydroxyl groups is 1. The fourth-order valence-electron chi connectivity index (χ4n) is 1.90. The van der Waals surface area contributed by atoms with E-state index >= 15 is 0 Å². The Balaban J connectivity index is 2.17. The highest BCUT2D eigenvalue weighted by Gasteiger charge is 2.28.